The number of amides is 2. The highest BCUT2D eigenvalue weighted by molar-refractivity contribution is 5.85. The van der Waals surface area contributed by atoms with Crippen LogP contribution in [0.5, 0.6) is 0 Å². The molecule has 3 saturated heterocycles. The van der Waals surface area contributed by atoms with Crippen molar-refractivity contribution >= 4 is 11.8 Å². The Balaban J connectivity index is 1.62. The summed E-state index contributed by atoms with van der Waals surface area (Å²) in [6.07, 6.45) is 5.42. The molecule has 1 spiro atoms. The van der Waals surface area contributed by atoms with Crippen molar-refractivity contribution in [3.63, 3.8) is 0 Å². The summed E-state index contributed by atoms with van der Waals surface area (Å²) in [5.41, 5.74) is -0.180. The molecule has 0 aromatic heterocycles. The van der Waals surface area contributed by atoms with E-state index in [1.807, 2.05) is 9.80 Å². The molecule has 0 bridgehead atoms. The fourth-order valence-corrected chi connectivity index (χ4v) is 4.28. The number of nitrogens with zero attached hydrogens (tertiary/aromatic N) is 2. The summed E-state index contributed by atoms with van der Waals surface area (Å²) < 4.78 is 5.36. The molecule has 0 radical (unpaired) electrons. The van der Waals surface area contributed by atoms with E-state index in [1.54, 1.807) is 0 Å². The van der Waals surface area contributed by atoms with Crippen LogP contribution in [0.4, 0.5) is 0 Å². The minimum absolute atomic E-state index is 0.134. The van der Waals surface area contributed by atoms with E-state index >= 15 is 0 Å². The number of hydrogen-bond donors (Lipinski definition) is 0. The van der Waals surface area contributed by atoms with Crippen LogP contribution in [-0.4, -0.2) is 61.0 Å². The van der Waals surface area contributed by atoms with E-state index in [9.17, 15) is 9.59 Å². The van der Waals surface area contributed by atoms with E-state index in [0.29, 0.717) is 19.1 Å². The SMILES string of the molecule is CCN1CCC2(CCCN(C(=O)C3CCOCC3)CC2)C1=O. The second kappa shape index (κ2) is 6.57. The second-order valence-corrected chi connectivity index (χ2v) is 6.98. The van der Waals surface area contributed by atoms with Gasteiger partial charge in [-0.05, 0) is 45.4 Å². The Morgan fingerprint density at radius 2 is 1.91 bits per heavy atom. The van der Waals surface area contributed by atoms with E-state index in [-0.39, 0.29) is 17.2 Å². The normalized spacial score (nSPS) is 30.9. The molecule has 1 atom stereocenters. The van der Waals surface area contributed by atoms with E-state index in [0.717, 1.165) is 64.7 Å². The van der Waals surface area contributed by atoms with Gasteiger partial charge in [-0.15, -0.1) is 0 Å². The molecule has 1 unspecified atom stereocenters. The molecular weight excluding hydrogens is 280 g/mol. The fraction of sp³-hybridized carbons (Fsp3) is 0.882. The lowest BCUT2D eigenvalue weighted by molar-refractivity contribution is -0.140. The molecule has 3 aliphatic rings. The summed E-state index contributed by atoms with van der Waals surface area (Å²) in [6, 6.07) is 0. The maximum atomic E-state index is 12.7. The summed E-state index contributed by atoms with van der Waals surface area (Å²) in [5, 5.41) is 0. The Morgan fingerprint density at radius 1 is 1.18 bits per heavy atom. The molecule has 0 aromatic carbocycles. The van der Waals surface area contributed by atoms with Gasteiger partial charge in [0.2, 0.25) is 11.8 Å². The van der Waals surface area contributed by atoms with Crippen LogP contribution in [0.3, 0.4) is 0 Å². The van der Waals surface area contributed by atoms with Crippen molar-refractivity contribution < 1.29 is 14.3 Å². The summed E-state index contributed by atoms with van der Waals surface area (Å²) in [6.45, 7) is 6.73. The van der Waals surface area contributed by atoms with Crippen LogP contribution in [-0.2, 0) is 14.3 Å². The molecule has 5 nitrogen and oxygen atoms in total. The van der Waals surface area contributed by atoms with Crippen molar-refractivity contribution in [1.82, 2.24) is 9.80 Å². The molecule has 3 aliphatic heterocycles. The monoisotopic (exact) mass is 308 g/mol. The molecular formula is C17H28N2O3. The Hall–Kier alpha value is -1.10. The van der Waals surface area contributed by atoms with E-state index in [2.05, 4.69) is 6.92 Å². The summed E-state index contributed by atoms with van der Waals surface area (Å²) >= 11 is 0. The number of carbonyl (C=O) groups is 2. The highest BCUT2D eigenvalue weighted by Gasteiger charge is 2.46. The van der Waals surface area contributed by atoms with Gasteiger partial charge in [0, 0.05) is 45.3 Å². The van der Waals surface area contributed by atoms with Crippen molar-refractivity contribution in [2.75, 3.05) is 39.4 Å². The van der Waals surface area contributed by atoms with Gasteiger partial charge in [0.15, 0.2) is 0 Å². The maximum absolute atomic E-state index is 12.7. The first-order valence-electron chi connectivity index (χ1n) is 8.82. The zero-order valence-electron chi connectivity index (χ0n) is 13.7. The molecule has 2 amide bonds. The van der Waals surface area contributed by atoms with Crippen LogP contribution in [0.2, 0.25) is 0 Å². The minimum atomic E-state index is -0.180. The maximum Gasteiger partial charge on any atom is 0.228 e. The molecule has 124 valence electrons. The molecule has 0 saturated carbocycles. The van der Waals surface area contributed by atoms with Gasteiger partial charge < -0.3 is 14.5 Å². The van der Waals surface area contributed by atoms with Crippen molar-refractivity contribution in [2.24, 2.45) is 11.3 Å². The van der Waals surface area contributed by atoms with E-state index in [1.165, 1.54) is 0 Å². The number of carbonyl (C=O) groups excluding carboxylic acids is 2. The van der Waals surface area contributed by atoms with Gasteiger partial charge in [-0.25, -0.2) is 0 Å². The average molecular weight is 308 g/mol. The highest BCUT2D eigenvalue weighted by Crippen LogP contribution is 2.41. The van der Waals surface area contributed by atoms with Gasteiger partial charge in [-0.3, -0.25) is 9.59 Å². The standard InChI is InChI=1S/C17H28N2O3/c1-2-18-10-7-17(16(18)21)6-3-9-19(11-8-17)15(20)14-4-12-22-13-5-14/h14H,2-13H2,1H3. The van der Waals surface area contributed by atoms with Crippen LogP contribution in [0.25, 0.3) is 0 Å². The van der Waals surface area contributed by atoms with Gasteiger partial charge in [0.05, 0.1) is 5.41 Å². The Bertz CT molecular complexity index is 434. The topological polar surface area (TPSA) is 49.9 Å². The first-order chi connectivity index (χ1) is 10.7. The Morgan fingerprint density at radius 3 is 2.59 bits per heavy atom. The number of rotatable bonds is 2. The van der Waals surface area contributed by atoms with Crippen LogP contribution in [0, 0.1) is 11.3 Å². The third-order valence-electron chi connectivity index (χ3n) is 5.81. The molecule has 0 N–H and O–H groups in total. The predicted molar refractivity (Wildman–Crippen MR) is 83.3 cm³/mol. The van der Waals surface area contributed by atoms with Crippen LogP contribution >= 0.6 is 0 Å². The number of hydrogen-bond acceptors (Lipinski definition) is 3. The molecule has 22 heavy (non-hydrogen) atoms. The van der Waals surface area contributed by atoms with Gasteiger partial charge in [0.1, 0.15) is 0 Å². The largest absolute Gasteiger partial charge is 0.381 e. The zero-order chi connectivity index (χ0) is 15.6. The van der Waals surface area contributed by atoms with Crippen molar-refractivity contribution in [3.05, 3.63) is 0 Å². The highest BCUT2D eigenvalue weighted by atomic mass is 16.5. The lowest BCUT2D eigenvalue weighted by Gasteiger charge is -2.29. The summed E-state index contributed by atoms with van der Waals surface area (Å²) in [5.74, 6) is 0.753. The molecule has 3 rings (SSSR count). The smallest absolute Gasteiger partial charge is 0.228 e. The van der Waals surface area contributed by atoms with Crippen LogP contribution in [0.1, 0.15) is 45.4 Å². The van der Waals surface area contributed by atoms with Gasteiger partial charge in [-0.1, -0.05) is 0 Å². The fourth-order valence-electron chi connectivity index (χ4n) is 4.28. The van der Waals surface area contributed by atoms with E-state index in [4.69, 9.17) is 4.74 Å². The lowest BCUT2D eigenvalue weighted by Crippen LogP contribution is -2.40. The lowest BCUT2D eigenvalue weighted by atomic mass is 9.79. The first kappa shape index (κ1) is 15.8. The van der Waals surface area contributed by atoms with Gasteiger partial charge in [0.25, 0.3) is 0 Å². The molecule has 3 heterocycles. The van der Waals surface area contributed by atoms with Crippen molar-refractivity contribution in [1.29, 1.82) is 0 Å². The van der Waals surface area contributed by atoms with E-state index < -0.39 is 0 Å². The quantitative estimate of drug-likeness (QED) is 0.779. The summed E-state index contributed by atoms with van der Waals surface area (Å²) in [7, 11) is 0. The van der Waals surface area contributed by atoms with Crippen LogP contribution in [0.15, 0.2) is 0 Å². The van der Waals surface area contributed by atoms with Crippen molar-refractivity contribution in [2.45, 2.75) is 45.4 Å². The Kier molecular flexibility index (Phi) is 4.71. The second-order valence-electron chi connectivity index (χ2n) is 6.98. The third kappa shape index (κ3) is 2.87. The first-order valence-corrected chi connectivity index (χ1v) is 8.82. The predicted octanol–water partition coefficient (Wildman–Crippen LogP) is 1.66. The molecule has 0 aliphatic carbocycles. The third-order valence-corrected chi connectivity index (χ3v) is 5.81. The molecule has 5 heteroatoms. The average Bonchev–Trinajstić information content (AvgIpc) is 2.74. The summed E-state index contributed by atoms with van der Waals surface area (Å²) in [4.78, 5) is 29.3. The zero-order valence-corrected chi connectivity index (χ0v) is 13.7. The molecule has 3 fully saturated rings. The number of ether oxygens (including phenoxy) is 1. The van der Waals surface area contributed by atoms with Gasteiger partial charge in [-0.2, -0.15) is 0 Å². The van der Waals surface area contributed by atoms with Crippen LogP contribution < -0.4 is 0 Å². The van der Waals surface area contributed by atoms with Gasteiger partial charge >= 0.3 is 0 Å². The number of likely N-dealkylation sites (tertiary alicyclic amines) is 2. The Labute approximate surface area is 133 Å². The van der Waals surface area contributed by atoms with Crippen molar-refractivity contribution in [3.8, 4) is 0 Å². The molecule has 0 aromatic rings. The minimum Gasteiger partial charge on any atom is -0.381 e.